The van der Waals surface area contributed by atoms with Crippen LogP contribution in [-0.4, -0.2) is 16.2 Å². The van der Waals surface area contributed by atoms with Crippen molar-refractivity contribution in [1.29, 1.82) is 0 Å². The summed E-state index contributed by atoms with van der Waals surface area (Å²) in [6, 6.07) is 3.08. The molecule has 4 heteroatoms. The molecule has 1 unspecified atom stereocenters. The lowest BCUT2D eigenvalue weighted by Crippen LogP contribution is -2.17. The van der Waals surface area contributed by atoms with Crippen LogP contribution in [0.2, 0.25) is 5.02 Å². The van der Waals surface area contributed by atoms with Gasteiger partial charge >= 0.3 is 5.97 Å². The highest BCUT2D eigenvalue weighted by atomic mass is 35.5. The summed E-state index contributed by atoms with van der Waals surface area (Å²) in [6.07, 6.45) is 0. The lowest BCUT2D eigenvalue weighted by molar-refractivity contribution is -0.139. The second-order valence-corrected chi connectivity index (χ2v) is 4.61. The van der Waals surface area contributed by atoms with Crippen molar-refractivity contribution in [3.63, 3.8) is 0 Å². The van der Waals surface area contributed by atoms with Crippen molar-refractivity contribution in [2.24, 2.45) is 5.92 Å². The molecule has 1 aromatic rings. The first-order valence-corrected chi connectivity index (χ1v) is 5.44. The van der Waals surface area contributed by atoms with Crippen LogP contribution in [0.1, 0.15) is 30.9 Å². The normalized spacial score (nSPS) is 12.8. The molecule has 2 N–H and O–H groups in total. The molecule has 0 radical (unpaired) electrons. The second-order valence-electron chi connectivity index (χ2n) is 4.21. The molecule has 0 heterocycles. The number of aliphatic carboxylic acids is 1. The molecule has 0 bridgehead atoms. The van der Waals surface area contributed by atoms with E-state index in [0.29, 0.717) is 16.1 Å². The topological polar surface area (TPSA) is 57.5 Å². The van der Waals surface area contributed by atoms with Crippen molar-refractivity contribution in [2.45, 2.75) is 26.7 Å². The van der Waals surface area contributed by atoms with Gasteiger partial charge in [-0.25, -0.2) is 0 Å². The van der Waals surface area contributed by atoms with Crippen LogP contribution >= 0.6 is 11.6 Å². The Labute approximate surface area is 99.7 Å². The summed E-state index contributed by atoms with van der Waals surface area (Å²) in [5, 5.41) is 19.1. The number of hydrogen-bond donors (Lipinski definition) is 2. The van der Waals surface area contributed by atoms with Crippen LogP contribution in [0.4, 0.5) is 0 Å². The molecule has 0 fully saturated rings. The third-order valence-corrected chi connectivity index (χ3v) is 3.02. The Morgan fingerprint density at radius 2 is 1.94 bits per heavy atom. The van der Waals surface area contributed by atoms with E-state index in [0.717, 1.165) is 0 Å². The molecule has 0 saturated carbocycles. The first-order valence-electron chi connectivity index (χ1n) is 5.06. The van der Waals surface area contributed by atoms with E-state index < -0.39 is 11.9 Å². The quantitative estimate of drug-likeness (QED) is 0.856. The number of aromatic hydroxyl groups is 1. The second kappa shape index (κ2) is 4.74. The Balaban J connectivity index is 3.26. The Morgan fingerprint density at radius 1 is 1.38 bits per heavy atom. The van der Waals surface area contributed by atoms with Gasteiger partial charge in [-0.15, -0.1) is 0 Å². The van der Waals surface area contributed by atoms with E-state index in [1.165, 1.54) is 6.07 Å². The molecule has 16 heavy (non-hydrogen) atoms. The number of carboxylic acid groups (broad SMARTS) is 1. The summed E-state index contributed by atoms with van der Waals surface area (Å²) in [5.41, 5.74) is 1.11. The maximum atomic E-state index is 11.1. The van der Waals surface area contributed by atoms with E-state index in [1.54, 1.807) is 13.0 Å². The summed E-state index contributed by atoms with van der Waals surface area (Å²) < 4.78 is 0. The maximum Gasteiger partial charge on any atom is 0.311 e. The number of phenols is 1. The molecule has 0 aliphatic carbocycles. The van der Waals surface area contributed by atoms with Gasteiger partial charge in [0, 0.05) is 10.6 Å². The van der Waals surface area contributed by atoms with E-state index in [1.807, 2.05) is 13.8 Å². The van der Waals surface area contributed by atoms with Gasteiger partial charge in [-0.3, -0.25) is 4.79 Å². The molecule has 1 rings (SSSR count). The predicted octanol–water partition coefficient (Wildman–Crippen LogP) is 3.18. The average molecular weight is 243 g/mol. The van der Waals surface area contributed by atoms with Crippen LogP contribution < -0.4 is 0 Å². The molecule has 1 atom stereocenters. The van der Waals surface area contributed by atoms with Gasteiger partial charge in [0.05, 0.1) is 5.92 Å². The van der Waals surface area contributed by atoms with Gasteiger partial charge in [-0.1, -0.05) is 25.4 Å². The van der Waals surface area contributed by atoms with Gasteiger partial charge in [-0.05, 0) is 30.5 Å². The summed E-state index contributed by atoms with van der Waals surface area (Å²) >= 11 is 5.92. The lowest BCUT2D eigenvalue weighted by atomic mass is 9.88. The van der Waals surface area contributed by atoms with Gasteiger partial charge in [0.25, 0.3) is 0 Å². The Kier molecular flexibility index (Phi) is 3.81. The SMILES string of the molecule is Cc1c(O)cc(C(C(=O)O)C(C)C)cc1Cl. The molecule has 3 nitrogen and oxygen atoms in total. The zero-order valence-electron chi connectivity index (χ0n) is 9.49. The first-order chi connectivity index (χ1) is 7.34. The van der Waals surface area contributed by atoms with Gasteiger partial charge < -0.3 is 10.2 Å². The van der Waals surface area contributed by atoms with Crippen LogP contribution in [0.25, 0.3) is 0 Å². The summed E-state index contributed by atoms with van der Waals surface area (Å²) in [4.78, 5) is 11.1. The molecule has 0 amide bonds. The van der Waals surface area contributed by atoms with Crippen molar-refractivity contribution in [2.75, 3.05) is 0 Å². The average Bonchev–Trinajstić information content (AvgIpc) is 2.12. The van der Waals surface area contributed by atoms with Crippen molar-refractivity contribution < 1.29 is 15.0 Å². The molecule has 0 aromatic heterocycles. The number of benzene rings is 1. The summed E-state index contributed by atoms with van der Waals surface area (Å²) in [6.45, 7) is 5.33. The number of carboxylic acids is 1. The standard InChI is InChI=1S/C12H15ClO3/c1-6(2)11(12(15)16)8-4-9(13)7(3)10(14)5-8/h4-6,11,14H,1-3H3,(H,15,16). The van der Waals surface area contributed by atoms with Crippen molar-refractivity contribution >= 4 is 17.6 Å². The number of phenolic OH excluding ortho intramolecular Hbond substituents is 1. The molecule has 88 valence electrons. The van der Waals surface area contributed by atoms with Gasteiger partial charge in [0.1, 0.15) is 5.75 Å². The van der Waals surface area contributed by atoms with Crippen LogP contribution in [-0.2, 0) is 4.79 Å². The third kappa shape index (κ3) is 2.47. The molecule has 0 saturated heterocycles. The highest BCUT2D eigenvalue weighted by molar-refractivity contribution is 6.31. The Bertz CT molecular complexity index is 390. The molecular formula is C12H15ClO3. The van der Waals surface area contributed by atoms with Gasteiger partial charge in [0.15, 0.2) is 0 Å². The highest BCUT2D eigenvalue weighted by Gasteiger charge is 2.24. The first kappa shape index (κ1) is 12.8. The van der Waals surface area contributed by atoms with E-state index in [4.69, 9.17) is 16.7 Å². The summed E-state index contributed by atoms with van der Waals surface area (Å²) in [7, 11) is 0. The highest BCUT2D eigenvalue weighted by Crippen LogP contribution is 2.33. The monoisotopic (exact) mass is 242 g/mol. The fourth-order valence-corrected chi connectivity index (χ4v) is 1.90. The zero-order chi connectivity index (χ0) is 12.5. The summed E-state index contributed by atoms with van der Waals surface area (Å²) in [5.74, 6) is -1.58. The smallest absolute Gasteiger partial charge is 0.311 e. The van der Waals surface area contributed by atoms with E-state index in [2.05, 4.69) is 0 Å². The zero-order valence-corrected chi connectivity index (χ0v) is 10.2. The van der Waals surface area contributed by atoms with Crippen LogP contribution in [0.15, 0.2) is 12.1 Å². The van der Waals surface area contributed by atoms with Crippen LogP contribution in [0.3, 0.4) is 0 Å². The van der Waals surface area contributed by atoms with E-state index >= 15 is 0 Å². The fourth-order valence-electron chi connectivity index (χ4n) is 1.68. The number of halogens is 1. The Hall–Kier alpha value is -1.22. The van der Waals surface area contributed by atoms with E-state index in [-0.39, 0.29) is 11.7 Å². The van der Waals surface area contributed by atoms with Gasteiger partial charge in [0.2, 0.25) is 0 Å². The maximum absolute atomic E-state index is 11.1. The predicted molar refractivity (Wildman–Crippen MR) is 63.1 cm³/mol. The van der Waals surface area contributed by atoms with E-state index in [9.17, 15) is 9.90 Å². The van der Waals surface area contributed by atoms with Crippen molar-refractivity contribution in [3.8, 4) is 5.75 Å². The molecule has 0 aliphatic rings. The molecular weight excluding hydrogens is 228 g/mol. The molecule has 1 aromatic carbocycles. The minimum absolute atomic E-state index is 0.0365. The number of carbonyl (C=O) groups is 1. The van der Waals surface area contributed by atoms with Crippen LogP contribution in [0.5, 0.6) is 5.75 Å². The third-order valence-electron chi connectivity index (χ3n) is 2.63. The lowest BCUT2D eigenvalue weighted by Gasteiger charge is -2.17. The Morgan fingerprint density at radius 3 is 2.31 bits per heavy atom. The molecule has 0 aliphatic heterocycles. The minimum atomic E-state index is -0.908. The van der Waals surface area contributed by atoms with Crippen molar-refractivity contribution in [1.82, 2.24) is 0 Å². The fraction of sp³-hybridized carbons (Fsp3) is 0.417. The number of hydrogen-bond acceptors (Lipinski definition) is 2. The number of rotatable bonds is 3. The van der Waals surface area contributed by atoms with Gasteiger partial charge in [-0.2, -0.15) is 0 Å². The largest absolute Gasteiger partial charge is 0.508 e. The minimum Gasteiger partial charge on any atom is -0.508 e. The molecule has 0 spiro atoms. The van der Waals surface area contributed by atoms with Crippen LogP contribution in [0, 0.1) is 12.8 Å². The van der Waals surface area contributed by atoms with Crippen molar-refractivity contribution in [3.05, 3.63) is 28.3 Å².